The van der Waals surface area contributed by atoms with Crippen LogP contribution in [0, 0.1) is 11.8 Å². The normalized spacial score (nSPS) is 17.5. The van der Waals surface area contributed by atoms with Gasteiger partial charge in [0.05, 0.1) is 11.4 Å². The Morgan fingerprint density at radius 2 is 1.01 bits per heavy atom. The number of hydrogen-bond donors (Lipinski definition) is 4. The van der Waals surface area contributed by atoms with Crippen LogP contribution in [0.2, 0.25) is 0 Å². The summed E-state index contributed by atoms with van der Waals surface area (Å²) < 4.78 is 4.45. The molecule has 1 amide bonds. The molecule has 2 aliphatic heterocycles. The number of carboxylic acid groups (broad SMARTS) is 2. The molecule has 0 bridgehead atoms. The fourth-order valence-corrected chi connectivity index (χ4v) is 11.8. The van der Waals surface area contributed by atoms with Crippen LogP contribution in [0.5, 0.6) is 0 Å². The van der Waals surface area contributed by atoms with E-state index in [1.807, 2.05) is 50.1 Å². The van der Waals surface area contributed by atoms with Gasteiger partial charge in [0.2, 0.25) is 5.91 Å². The second-order valence-corrected chi connectivity index (χ2v) is 20.7. The molecule has 0 spiro atoms. The number of amides is 1. The number of carboxylic acids is 2. The van der Waals surface area contributed by atoms with Crippen molar-refractivity contribution < 1.29 is 24.6 Å². The van der Waals surface area contributed by atoms with E-state index in [9.17, 15) is 34.2 Å². The minimum Gasteiger partial charge on any atom is -0.477 e. The Morgan fingerprint density at radius 3 is 1.42 bits per heavy atom. The van der Waals surface area contributed by atoms with Gasteiger partial charge < -0.3 is 34.2 Å². The first-order valence-corrected chi connectivity index (χ1v) is 26.4. The van der Waals surface area contributed by atoms with Crippen LogP contribution in [-0.2, 0) is 57.9 Å². The lowest BCUT2D eigenvalue weighted by molar-refractivity contribution is -0.130. The van der Waals surface area contributed by atoms with Gasteiger partial charge in [-0.1, -0.05) is 86.6 Å². The van der Waals surface area contributed by atoms with E-state index < -0.39 is 23.1 Å². The van der Waals surface area contributed by atoms with E-state index in [1.54, 1.807) is 6.92 Å². The number of benzene rings is 4. The highest BCUT2D eigenvalue weighted by molar-refractivity contribution is 5.91. The summed E-state index contributed by atoms with van der Waals surface area (Å²) >= 11 is 0. The fraction of sp³-hybridized carbons (Fsp3) is 0.328. The summed E-state index contributed by atoms with van der Waals surface area (Å²) in [5.41, 5.74) is 10.5. The van der Waals surface area contributed by atoms with Crippen LogP contribution in [0.4, 0.5) is 0 Å². The van der Waals surface area contributed by atoms with Crippen LogP contribution < -0.4 is 11.1 Å². The number of aromatic nitrogens is 4. The first kappa shape index (κ1) is 51.6. The van der Waals surface area contributed by atoms with E-state index in [1.165, 1.54) is 34.6 Å². The lowest BCUT2D eigenvalue weighted by atomic mass is 10.0. The molecule has 2 saturated heterocycles. The standard InChI is InChI=1S/C37H38N4O3.C24H28N4O4/c1-3-26-18-30(37(43)44)36(42)38-34(26)27-14-15-33-28(16-27)17-29(39(33)2)21-40-22-31-32(23-40)35(31)41(19-24-10-6-4-7-11-24)20-25-12-8-5-9-13-25;1-4-16-13-20(24(31)32)23(30)25-22(16)17-5-6-21-18(11-17)12-19(26(21)3)14-27-7-9-28(10-8-27)15(2)29/h4-18,31-32,35H,3,19-23H2,1-2H3,(H,38,42)(H,43,44);5-6,11-13H,4,7-10,14H2,1-3H3,(H,25,30)(H,31,32)/t31-,32+,35?;. The molecule has 1 unspecified atom stereocenters. The number of aromatic carboxylic acids is 2. The lowest BCUT2D eigenvalue weighted by Crippen LogP contribution is -2.47. The predicted molar refractivity (Wildman–Crippen MR) is 296 cm³/mol. The maximum atomic E-state index is 12.5. The van der Waals surface area contributed by atoms with Crippen LogP contribution in [-0.4, -0.2) is 112 Å². The first-order chi connectivity index (χ1) is 36.7. The number of H-pyrrole nitrogens is 2. The third-order valence-electron chi connectivity index (χ3n) is 16.0. The highest BCUT2D eigenvalue weighted by atomic mass is 16.4. The third kappa shape index (κ3) is 10.7. The number of piperidine rings is 1. The molecule has 6 heterocycles. The van der Waals surface area contributed by atoms with Gasteiger partial charge in [0.25, 0.3) is 11.1 Å². The molecule has 1 aliphatic carbocycles. The average molecular weight is 1020 g/mol. The Morgan fingerprint density at radius 1 is 0.579 bits per heavy atom. The number of piperazine rings is 1. The smallest absolute Gasteiger partial charge is 0.341 e. The molecule has 3 atom stereocenters. The van der Waals surface area contributed by atoms with E-state index in [4.69, 9.17) is 0 Å². The Labute approximate surface area is 441 Å². The number of nitrogens with zero attached hydrogens (tertiary/aromatic N) is 6. The highest BCUT2D eigenvalue weighted by Gasteiger charge is 2.58. The summed E-state index contributed by atoms with van der Waals surface area (Å²) in [6.45, 7) is 14.6. The summed E-state index contributed by atoms with van der Waals surface area (Å²) in [4.78, 5) is 74.2. The molecule has 15 heteroatoms. The highest BCUT2D eigenvalue weighted by Crippen LogP contribution is 2.50. The van der Waals surface area contributed by atoms with Crippen molar-refractivity contribution in [2.75, 3.05) is 39.3 Å². The average Bonchev–Trinajstić information content (AvgIpc) is 3.69. The number of carbonyl (C=O) groups excluding carboxylic acids is 1. The minimum atomic E-state index is -1.22. The zero-order chi connectivity index (χ0) is 53.4. The maximum Gasteiger partial charge on any atom is 0.341 e. The van der Waals surface area contributed by atoms with Gasteiger partial charge in [0.1, 0.15) is 11.1 Å². The first-order valence-electron chi connectivity index (χ1n) is 26.4. The van der Waals surface area contributed by atoms with E-state index in [2.05, 4.69) is 126 Å². The Kier molecular flexibility index (Phi) is 14.8. The summed E-state index contributed by atoms with van der Waals surface area (Å²) in [5.74, 6) is -0.910. The summed E-state index contributed by atoms with van der Waals surface area (Å²) in [6.07, 6.45) is 1.23. The molecule has 15 nitrogen and oxygen atoms in total. The predicted octanol–water partition coefficient (Wildman–Crippen LogP) is 8.39. The zero-order valence-electron chi connectivity index (χ0n) is 43.9. The van der Waals surface area contributed by atoms with Gasteiger partial charge in [0.15, 0.2) is 0 Å². The number of fused-ring (bicyclic) bond motifs is 3. The maximum absolute atomic E-state index is 12.5. The molecule has 392 valence electrons. The molecule has 8 aromatic rings. The van der Waals surface area contributed by atoms with Crippen molar-refractivity contribution in [3.63, 3.8) is 0 Å². The molecule has 3 fully saturated rings. The van der Waals surface area contributed by atoms with Crippen LogP contribution in [0.3, 0.4) is 0 Å². The molecule has 11 rings (SSSR count). The third-order valence-corrected chi connectivity index (χ3v) is 16.0. The molecular formula is C61H66N8O7. The minimum absolute atomic E-state index is 0.127. The quantitative estimate of drug-likeness (QED) is 0.0780. The Hall–Kier alpha value is -7.85. The molecular weight excluding hydrogens is 957 g/mol. The van der Waals surface area contributed by atoms with E-state index >= 15 is 0 Å². The number of hydrogen-bond acceptors (Lipinski definition) is 8. The van der Waals surface area contributed by atoms with Gasteiger partial charge in [0, 0.05) is 126 Å². The molecule has 76 heavy (non-hydrogen) atoms. The molecule has 4 aromatic heterocycles. The Balaban J connectivity index is 0.000000182. The SMILES string of the molecule is CCc1cc(C(=O)O)c(=O)[nH]c1-c1ccc2c(c1)cc(CN1CCN(C(C)=O)CC1)n2C.CCc1cc(C(=O)O)c(=O)[nH]c1-c1ccc2c(c1)cc(CN1C[C@@H]3C(N(Cc4ccccc4)Cc4ccccc4)[C@@H]3C1)n2C. The number of carbonyl (C=O) groups is 3. The van der Waals surface area contributed by atoms with Crippen molar-refractivity contribution in [2.45, 2.75) is 65.8 Å². The van der Waals surface area contributed by atoms with Crippen LogP contribution in [0.15, 0.2) is 131 Å². The van der Waals surface area contributed by atoms with Crippen molar-refractivity contribution >= 4 is 39.7 Å². The van der Waals surface area contributed by atoms with Crippen molar-refractivity contribution in [2.24, 2.45) is 25.9 Å². The Bertz CT molecular complexity index is 3540. The molecule has 4 N–H and O–H groups in total. The number of aryl methyl sites for hydroxylation is 4. The number of nitrogens with one attached hydrogen (secondary N) is 2. The van der Waals surface area contributed by atoms with Crippen LogP contribution in [0.1, 0.15) is 75.1 Å². The zero-order valence-corrected chi connectivity index (χ0v) is 43.9. The second kappa shape index (κ2) is 21.8. The van der Waals surface area contributed by atoms with Gasteiger partial charge >= 0.3 is 11.9 Å². The number of rotatable bonds is 15. The van der Waals surface area contributed by atoms with Gasteiger partial charge in [-0.05, 0) is 107 Å². The fourth-order valence-electron chi connectivity index (χ4n) is 11.8. The number of pyridine rings is 2. The largest absolute Gasteiger partial charge is 0.477 e. The molecule has 0 radical (unpaired) electrons. The van der Waals surface area contributed by atoms with Gasteiger partial charge in [-0.25, -0.2) is 9.59 Å². The number of aromatic amines is 2. The van der Waals surface area contributed by atoms with E-state index in [0.29, 0.717) is 42.1 Å². The number of likely N-dealkylation sites (tertiary alicyclic amines) is 1. The monoisotopic (exact) mass is 1020 g/mol. The van der Waals surface area contributed by atoms with E-state index in [0.717, 1.165) is 110 Å². The lowest BCUT2D eigenvalue weighted by Gasteiger charge is -2.34. The summed E-state index contributed by atoms with van der Waals surface area (Å²) in [6, 6.07) is 41.9. The van der Waals surface area contributed by atoms with Gasteiger partial charge in [-0.2, -0.15) is 0 Å². The van der Waals surface area contributed by atoms with Crippen molar-refractivity contribution in [1.82, 2.24) is 38.7 Å². The topological polar surface area (TPSA) is 180 Å². The molecule has 3 aliphatic rings. The van der Waals surface area contributed by atoms with Gasteiger partial charge in [-0.15, -0.1) is 0 Å². The van der Waals surface area contributed by atoms with Crippen LogP contribution >= 0.6 is 0 Å². The van der Waals surface area contributed by atoms with Crippen molar-refractivity contribution in [3.05, 3.63) is 187 Å². The molecule has 1 saturated carbocycles. The second-order valence-electron chi connectivity index (χ2n) is 20.7. The summed E-state index contributed by atoms with van der Waals surface area (Å²) in [7, 11) is 4.17. The van der Waals surface area contributed by atoms with Gasteiger partial charge in [-0.3, -0.25) is 29.1 Å². The van der Waals surface area contributed by atoms with Crippen molar-refractivity contribution in [1.29, 1.82) is 0 Å². The summed E-state index contributed by atoms with van der Waals surface area (Å²) in [5, 5.41) is 20.8. The van der Waals surface area contributed by atoms with E-state index in [-0.39, 0.29) is 17.0 Å². The molecule has 4 aromatic carbocycles. The van der Waals surface area contributed by atoms with Crippen molar-refractivity contribution in [3.8, 4) is 22.5 Å². The van der Waals surface area contributed by atoms with Crippen LogP contribution in [0.25, 0.3) is 44.3 Å².